The van der Waals surface area contributed by atoms with Crippen LogP contribution in [-0.4, -0.2) is 37.0 Å². The van der Waals surface area contributed by atoms with Crippen LogP contribution in [0.4, 0.5) is 5.69 Å². The lowest BCUT2D eigenvalue weighted by Gasteiger charge is -2.31. The lowest BCUT2D eigenvalue weighted by atomic mass is 9.97. The molecule has 27 heavy (non-hydrogen) atoms. The molecule has 2 aliphatic rings. The molecule has 2 aliphatic heterocycles. The van der Waals surface area contributed by atoms with Crippen LogP contribution in [0.5, 0.6) is 0 Å². The van der Waals surface area contributed by atoms with E-state index >= 15 is 0 Å². The molecule has 1 aromatic carbocycles. The molecule has 2 aromatic rings. The fourth-order valence-electron chi connectivity index (χ4n) is 4.21. The van der Waals surface area contributed by atoms with Crippen molar-refractivity contribution < 1.29 is 9.21 Å². The maximum Gasteiger partial charge on any atom is 0.224 e. The van der Waals surface area contributed by atoms with Crippen molar-refractivity contribution in [3.8, 4) is 0 Å². The first-order valence-corrected chi connectivity index (χ1v) is 10.1. The van der Waals surface area contributed by atoms with Crippen LogP contribution >= 0.6 is 0 Å². The highest BCUT2D eigenvalue weighted by Crippen LogP contribution is 2.22. The standard InChI is InChI=1S/C22H29N3O2/c26-22(19-7-4-10-24(16-19)17-21-9-5-13-27-21)23-15-18-6-3-8-20(14-18)25-11-1-2-12-25/h3,5-6,8-9,13-14,19H,1-2,4,7,10-12,15-17H2,(H,23,26)/t19-/m0/s1. The molecule has 5 heteroatoms. The third kappa shape index (κ3) is 4.72. The minimum Gasteiger partial charge on any atom is -0.468 e. The van der Waals surface area contributed by atoms with Crippen molar-refractivity contribution in [1.29, 1.82) is 0 Å². The second-order valence-corrected chi connectivity index (χ2v) is 7.74. The molecule has 1 aromatic heterocycles. The second-order valence-electron chi connectivity index (χ2n) is 7.74. The summed E-state index contributed by atoms with van der Waals surface area (Å²) in [5.74, 6) is 1.20. The summed E-state index contributed by atoms with van der Waals surface area (Å²) < 4.78 is 5.44. The van der Waals surface area contributed by atoms with Gasteiger partial charge in [0.15, 0.2) is 0 Å². The van der Waals surface area contributed by atoms with Crippen molar-refractivity contribution >= 4 is 11.6 Å². The van der Waals surface area contributed by atoms with Crippen LogP contribution < -0.4 is 10.2 Å². The van der Waals surface area contributed by atoms with E-state index in [2.05, 4.69) is 39.4 Å². The number of hydrogen-bond acceptors (Lipinski definition) is 4. The third-order valence-electron chi connectivity index (χ3n) is 5.68. The normalized spacial score (nSPS) is 20.7. The van der Waals surface area contributed by atoms with Gasteiger partial charge in [-0.25, -0.2) is 0 Å². The number of likely N-dealkylation sites (tertiary alicyclic amines) is 1. The number of rotatable bonds is 6. The number of amides is 1. The molecule has 144 valence electrons. The SMILES string of the molecule is O=C(NCc1cccc(N2CCCC2)c1)[C@H]1CCCN(Cc2ccco2)C1. The summed E-state index contributed by atoms with van der Waals surface area (Å²) in [6.45, 7) is 5.51. The fourth-order valence-corrected chi connectivity index (χ4v) is 4.21. The third-order valence-corrected chi connectivity index (χ3v) is 5.68. The zero-order chi connectivity index (χ0) is 18.5. The van der Waals surface area contributed by atoms with Crippen LogP contribution in [0.25, 0.3) is 0 Å². The molecule has 3 heterocycles. The summed E-state index contributed by atoms with van der Waals surface area (Å²) in [6.07, 6.45) is 6.28. The molecule has 2 fully saturated rings. The first-order chi connectivity index (χ1) is 13.3. The highest BCUT2D eigenvalue weighted by molar-refractivity contribution is 5.79. The molecule has 1 atom stereocenters. The topological polar surface area (TPSA) is 48.7 Å². The predicted octanol–water partition coefficient (Wildman–Crippen LogP) is 3.41. The predicted molar refractivity (Wildman–Crippen MR) is 106 cm³/mol. The van der Waals surface area contributed by atoms with Crippen molar-refractivity contribution in [3.05, 3.63) is 54.0 Å². The fraction of sp³-hybridized carbons (Fsp3) is 0.500. The minimum absolute atomic E-state index is 0.0653. The largest absolute Gasteiger partial charge is 0.468 e. The number of furan rings is 1. The molecular formula is C22H29N3O2. The Bertz CT molecular complexity index is 738. The summed E-state index contributed by atoms with van der Waals surface area (Å²) in [6, 6.07) is 12.5. The molecule has 5 nitrogen and oxygen atoms in total. The monoisotopic (exact) mass is 367 g/mol. The highest BCUT2D eigenvalue weighted by atomic mass is 16.3. The first-order valence-electron chi connectivity index (χ1n) is 10.1. The van der Waals surface area contributed by atoms with Crippen LogP contribution in [-0.2, 0) is 17.9 Å². The van der Waals surface area contributed by atoms with Gasteiger partial charge >= 0.3 is 0 Å². The number of hydrogen-bond donors (Lipinski definition) is 1. The molecule has 0 saturated carbocycles. The van der Waals surface area contributed by atoms with Crippen molar-refractivity contribution in [2.75, 3.05) is 31.1 Å². The molecule has 0 bridgehead atoms. The van der Waals surface area contributed by atoms with Crippen LogP contribution in [0.2, 0.25) is 0 Å². The van der Waals surface area contributed by atoms with Crippen molar-refractivity contribution in [2.45, 2.75) is 38.8 Å². The summed E-state index contributed by atoms with van der Waals surface area (Å²) in [4.78, 5) is 17.4. The molecule has 2 saturated heterocycles. The van der Waals surface area contributed by atoms with E-state index in [4.69, 9.17) is 4.42 Å². The van der Waals surface area contributed by atoms with Gasteiger partial charge in [-0.05, 0) is 62.1 Å². The summed E-state index contributed by atoms with van der Waals surface area (Å²) in [7, 11) is 0. The number of carbonyl (C=O) groups excluding carboxylic acids is 1. The quantitative estimate of drug-likeness (QED) is 0.850. The maximum atomic E-state index is 12.7. The summed E-state index contributed by atoms with van der Waals surface area (Å²) >= 11 is 0. The van der Waals surface area contributed by atoms with Gasteiger partial charge < -0.3 is 14.6 Å². The van der Waals surface area contributed by atoms with Gasteiger partial charge in [0.05, 0.1) is 18.7 Å². The van der Waals surface area contributed by atoms with E-state index in [1.54, 1.807) is 6.26 Å². The number of nitrogens with one attached hydrogen (secondary N) is 1. The van der Waals surface area contributed by atoms with Crippen molar-refractivity contribution in [2.24, 2.45) is 5.92 Å². The van der Waals surface area contributed by atoms with Crippen LogP contribution in [0.3, 0.4) is 0 Å². The van der Waals surface area contributed by atoms with Gasteiger partial charge in [0, 0.05) is 31.9 Å². The number of carbonyl (C=O) groups is 1. The Morgan fingerprint density at radius 1 is 1.11 bits per heavy atom. The number of piperidine rings is 1. The summed E-state index contributed by atoms with van der Waals surface area (Å²) in [5.41, 5.74) is 2.46. The van der Waals surface area contributed by atoms with E-state index in [0.717, 1.165) is 51.3 Å². The second kappa shape index (κ2) is 8.61. The Labute approximate surface area is 161 Å². The van der Waals surface area contributed by atoms with E-state index in [0.29, 0.717) is 6.54 Å². The average molecular weight is 367 g/mol. The number of anilines is 1. The van der Waals surface area contributed by atoms with Crippen LogP contribution in [0, 0.1) is 5.92 Å². The Kier molecular flexibility index (Phi) is 5.78. The van der Waals surface area contributed by atoms with Crippen molar-refractivity contribution in [1.82, 2.24) is 10.2 Å². The van der Waals surface area contributed by atoms with E-state index in [1.807, 2.05) is 12.1 Å². The number of benzene rings is 1. The molecule has 1 N–H and O–H groups in total. The van der Waals surface area contributed by atoms with Crippen molar-refractivity contribution in [3.63, 3.8) is 0 Å². The molecular weight excluding hydrogens is 338 g/mol. The summed E-state index contributed by atoms with van der Waals surface area (Å²) in [5, 5.41) is 3.16. The van der Waals surface area contributed by atoms with Gasteiger partial charge in [-0.15, -0.1) is 0 Å². The molecule has 0 radical (unpaired) electrons. The minimum atomic E-state index is 0.0653. The van der Waals surface area contributed by atoms with Gasteiger partial charge in [-0.1, -0.05) is 12.1 Å². The Balaban J connectivity index is 1.29. The van der Waals surface area contributed by atoms with Gasteiger partial charge in [0.25, 0.3) is 0 Å². The zero-order valence-electron chi connectivity index (χ0n) is 15.9. The number of nitrogens with zero attached hydrogens (tertiary/aromatic N) is 2. The van der Waals surface area contributed by atoms with E-state index in [-0.39, 0.29) is 11.8 Å². The van der Waals surface area contributed by atoms with E-state index < -0.39 is 0 Å². The van der Waals surface area contributed by atoms with Gasteiger partial charge in [0.2, 0.25) is 5.91 Å². The smallest absolute Gasteiger partial charge is 0.224 e. The molecule has 4 rings (SSSR count). The van der Waals surface area contributed by atoms with Gasteiger partial charge in [0.1, 0.15) is 5.76 Å². The molecule has 0 aliphatic carbocycles. The Morgan fingerprint density at radius 2 is 2.00 bits per heavy atom. The Morgan fingerprint density at radius 3 is 2.81 bits per heavy atom. The highest BCUT2D eigenvalue weighted by Gasteiger charge is 2.26. The van der Waals surface area contributed by atoms with Gasteiger partial charge in [-0.2, -0.15) is 0 Å². The van der Waals surface area contributed by atoms with E-state index in [1.165, 1.54) is 24.1 Å². The van der Waals surface area contributed by atoms with Gasteiger partial charge in [-0.3, -0.25) is 9.69 Å². The maximum absolute atomic E-state index is 12.7. The molecule has 0 spiro atoms. The lowest BCUT2D eigenvalue weighted by molar-refractivity contribution is -0.127. The average Bonchev–Trinajstić information content (AvgIpc) is 3.41. The Hall–Kier alpha value is -2.27. The lowest BCUT2D eigenvalue weighted by Crippen LogP contribution is -2.42. The first kappa shape index (κ1) is 18.1. The molecule has 1 amide bonds. The van der Waals surface area contributed by atoms with E-state index in [9.17, 15) is 4.79 Å². The van der Waals surface area contributed by atoms with Crippen LogP contribution in [0.15, 0.2) is 47.1 Å². The molecule has 0 unspecified atom stereocenters. The zero-order valence-corrected chi connectivity index (χ0v) is 15.9. The van der Waals surface area contributed by atoms with Crippen LogP contribution in [0.1, 0.15) is 37.0 Å².